The van der Waals surface area contributed by atoms with Crippen LogP contribution in [0.1, 0.15) is 5.56 Å². The average Bonchev–Trinajstić information content (AvgIpc) is 3.39. The first-order valence-corrected chi connectivity index (χ1v) is 9.85. The van der Waals surface area contributed by atoms with Gasteiger partial charge in [0.1, 0.15) is 29.7 Å². The molecule has 0 aliphatic carbocycles. The van der Waals surface area contributed by atoms with Gasteiger partial charge in [-0.05, 0) is 52.3 Å². The van der Waals surface area contributed by atoms with Gasteiger partial charge in [-0.1, -0.05) is 11.2 Å². The van der Waals surface area contributed by atoms with Crippen LogP contribution in [0.2, 0.25) is 0 Å². The first-order valence-electron chi connectivity index (χ1n) is 9.06. The number of aromatic nitrogens is 3. The summed E-state index contributed by atoms with van der Waals surface area (Å²) in [6.45, 7) is -0.156. The molecule has 0 unspecified atom stereocenters. The van der Waals surface area contributed by atoms with Gasteiger partial charge in [-0.2, -0.15) is 4.98 Å². The van der Waals surface area contributed by atoms with Crippen LogP contribution in [0, 0.1) is 17.5 Å². The van der Waals surface area contributed by atoms with Gasteiger partial charge in [-0.15, -0.1) is 0 Å². The summed E-state index contributed by atoms with van der Waals surface area (Å²) in [6, 6.07) is 10.9. The van der Waals surface area contributed by atoms with E-state index in [1.807, 2.05) is 0 Å². The number of amides is 1. The van der Waals surface area contributed by atoms with Gasteiger partial charge >= 0.3 is 0 Å². The van der Waals surface area contributed by atoms with Crippen LogP contribution in [0.5, 0.6) is 0 Å². The fourth-order valence-corrected chi connectivity index (χ4v) is 3.27. The second-order valence-electron chi connectivity index (χ2n) is 6.59. The quantitative estimate of drug-likeness (QED) is 0.425. The Bertz CT molecular complexity index is 1260. The van der Waals surface area contributed by atoms with Crippen molar-refractivity contribution in [3.05, 3.63) is 82.2 Å². The maximum absolute atomic E-state index is 13.7. The number of hydrogen-bond acceptors (Lipinski definition) is 4. The summed E-state index contributed by atoms with van der Waals surface area (Å²) in [7, 11) is 0. The number of halogens is 4. The first-order chi connectivity index (χ1) is 14.9. The molecule has 0 radical (unpaired) electrons. The zero-order valence-corrected chi connectivity index (χ0v) is 17.4. The Morgan fingerprint density at radius 2 is 1.94 bits per heavy atom. The SMILES string of the molecule is O=C(Cn1cccc1-c1nc(-c2ccc(F)c(Br)c2)no1)NCc1ccc(F)cc1F. The van der Waals surface area contributed by atoms with Crippen LogP contribution in [0.25, 0.3) is 23.0 Å². The number of nitrogens with zero attached hydrogens (tertiary/aromatic N) is 3. The second-order valence-corrected chi connectivity index (χ2v) is 7.44. The molecule has 0 bridgehead atoms. The van der Waals surface area contributed by atoms with Crippen LogP contribution in [-0.4, -0.2) is 20.6 Å². The Morgan fingerprint density at radius 1 is 1.10 bits per heavy atom. The zero-order valence-electron chi connectivity index (χ0n) is 15.8. The molecule has 2 heterocycles. The van der Waals surface area contributed by atoms with Gasteiger partial charge < -0.3 is 14.4 Å². The van der Waals surface area contributed by atoms with E-state index in [9.17, 15) is 18.0 Å². The van der Waals surface area contributed by atoms with E-state index in [1.165, 1.54) is 24.3 Å². The molecule has 0 aliphatic heterocycles. The Labute approximate surface area is 182 Å². The van der Waals surface area contributed by atoms with Crippen molar-refractivity contribution in [3.8, 4) is 23.0 Å². The lowest BCUT2D eigenvalue weighted by Crippen LogP contribution is -2.27. The average molecular weight is 491 g/mol. The Kier molecular flexibility index (Phi) is 5.90. The van der Waals surface area contributed by atoms with E-state index >= 15 is 0 Å². The predicted octanol–water partition coefficient (Wildman–Crippen LogP) is 4.70. The van der Waals surface area contributed by atoms with Crippen molar-refractivity contribution in [2.24, 2.45) is 0 Å². The molecule has 6 nitrogen and oxygen atoms in total. The molecule has 0 spiro atoms. The van der Waals surface area contributed by atoms with Gasteiger partial charge in [0.2, 0.25) is 11.7 Å². The Morgan fingerprint density at radius 3 is 2.71 bits per heavy atom. The maximum atomic E-state index is 13.7. The molecule has 31 heavy (non-hydrogen) atoms. The monoisotopic (exact) mass is 490 g/mol. The molecule has 1 N–H and O–H groups in total. The normalized spacial score (nSPS) is 11.0. The van der Waals surface area contributed by atoms with Crippen molar-refractivity contribution in [1.29, 1.82) is 0 Å². The Hall–Kier alpha value is -3.40. The van der Waals surface area contributed by atoms with Crippen LogP contribution < -0.4 is 5.32 Å². The van der Waals surface area contributed by atoms with Crippen molar-refractivity contribution in [3.63, 3.8) is 0 Å². The van der Waals surface area contributed by atoms with Gasteiger partial charge in [-0.25, -0.2) is 13.2 Å². The molecular formula is C21H14BrF3N4O2. The van der Waals surface area contributed by atoms with Crippen LogP contribution in [0.15, 0.2) is 63.7 Å². The van der Waals surface area contributed by atoms with E-state index in [1.54, 1.807) is 22.9 Å². The number of nitrogens with one attached hydrogen (secondary N) is 1. The van der Waals surface area contributed by atoms with Crippen LogP contribution >= 0.6 is 15.9 Å². The van der Waals surface area contributed by atoms with Crippen LogP contribution in [0.4, 0.5) is 13.2 Å². The number of benzene rings is 2. The van der Waals surface area contributed by atoms with Crippen LogP contribution in [0.3, 0.4) is 0 Å². The smallest absolute Gasteiger partial charge is 0.274 e. The molecule has 0 atom stereocenters. The van der Waals surface area contributed by atoms with E-state index in [2.05, 4.69) is 31.4 Å². The third kappa shape index (κ3) is 4.69. The first kappa shape index (κ1) is 20.9. The minimum absolute atomic E-state index is 0.0777. The third-order valence-electron chi connectivity index (χ3n) is 4.46. The summed E-state index contributed by atoms with van der Waals surface area (Å²) in [6.07, 6.45) is 1.66. The van der Waals surface area contributed by atoms with Crippen LogP contribution in [-0.2, 0) is 17.9 Å². The number of rotatable bonds is 6. The van der Waals surface area contributed by atoms with Crippen molar-refractivity contribution >= 4 is 21.8 Å². The zero-order chi connectivity index (χ0) is 22.0. The van der Waals surface area contributed by atoms with E-state index in [0.29, 0.717) is 11.3 Å². The Balaban J connectivity index is 1.46. The minimum atomic E-state index is -0.729. The van der Waals surface area contributed by atoms with E-state index < -0.39 is 17.5 Å². The second kappa shape index (κ2) is 8.76. The highest BCUT2D eigenvalue weighted by Gasteiger charge is 2.16. The standard InChI is InChI=1S/C21H14BrF3N4O2/c22-15-8-12(4-6-16(15)24)20-27-21(31-28-20)18-2-1-7-29(18)11-19(30)26-10-13-3-5-14(23)9-17(13)25/h1-9H,10-11H2,(H,26,30). The lowest BCUT2D eigenvalue weighted by molar-refractivity contribution is -0.121. The fourth-order valence-electron chi connectivity index (χ4n) is 2.90. The molecule has 158 valence electrons. The highest BCUT2D eigenvalue weighted by atomic mass is 79.9. The molecule has 10 heteroatoms. The van der Waals surface area contributed by atoms with Crippen molar-refractivity contribution < 1.29 is 22.5 Å². The summed E-state index contributed by atoms with van der Waals surface area (Å²) in [5.74, 6) is -1.77. The summed E-state index contributed by atoms with van der Waals surface area (Å²) < 4.78 is 47.3. The molecule has 0 saturated heterocycles. The lowest BCUT2D eigenvalue weighted by Gasteiger charge is -2.09. The molecule has 0 saturated carbocycles. The van der Waals surface area contributed by atoms with Gasteiger partial charge in [0.25, 0.3) is 5.89 Å². The van der Waals surface area contributed by atoms with Gasteiger partial charge in [0.15, 0.2) is 0 Å². The van der Waals surface area contributed by atoms with E-state index in [0.717, 1.165) is 12.1 Å². The largest absolute Gasteiger partial charge is 0.350 e. The van der Waals surface area contributed by atoms with Crippen molar-refractivity contribution in [1.82, 2.24) is 20.0 Å². The third-order valence-corrected chi connectivity index (χ3v) is 5.07. The molecule has 0 fully saturated rings. The summed E-state index contributed by atoms with van der Waals surface area (Å²) in [5, 5.41) is 6.50. The van der Waals surface area contributed by atoms with Gasteiger partial charge in [0.05, 0.1) is 4.47 Å². The number of carbonyl (C=O) groups excluding carboxylic acids is 1. The van der Waals surface area contributed by atoms with Gasteiger partial charge in [0, 0.05) is 29.9 Å². The topological polar surface area (TPSA) is 73.0 Å². The molecule has 4 rings (SSSR count). The molecule has 0 aliphatic rings. The predicted molar refractivity (Wildman–Crippen MR) is 109 cm³/mol. The number of hydrogen-bond donors (Lipinski definition) is 1. The lowest BCUT2D eigenvalue weighted by atomic mass is 10.2. The molecule has 2 aromatic carbocycles. The fraction of sp³-hybridized carbons (Fsp3) is 0.0952. The molecule has 4 aromatic rings. The van der Waals surface area contributed by atoms with E-state index in [-0.39, 0.29) is 40.7 Å². The van der Waals surface area contributed by atoms with Gasteiger partial charge in [-0.3, -0.25) is 4.79 Å². The minimum Gasteiger partial charge on any atom is -0.350 e. The maximum Gasteiger partial charge on any atom is 0.274 e. The summed E-state index contributed by atoms with van der Waals surface area (Å²) >= 11 is 3.12. The molecular weight excluding hydrogens is 477 g/mol. The van der Waals surface area contributed by atoms with Crippen molar-refractivity contribution in [2.75, 3.05) is 0 Å². The number of carbonyl (C=O) groups is 1. The summed E-state index contributed by atoms with van der Waals surface area (Å²) in [4.78, 5) is 16.6. The van der Waals surface area contributed by atoms with Crippen molar-refractivity contribution in [2.45, 2.75) is 13.1 Å². The molecule has 1 amide bonds. The highest BCUT2D eigenvalue weighted by molar-refractivity contribution is 9.10. The highest BCUT2D eigenvalue weighted by Crippen LogP contribution is 2.26. The molecule has 2 aromatic heterocycles. The summed E-state index contributed by atoms with van der Waals surface area (Å²) in [5.41, 5.74) is 1.23. The van der Waals surface area contributed by atoms with E-state index in [4.69, 9.17) is 4.52 Å².